The highest BCUT2D eigenvalue weighted by Crippen LogP contribution is 2.23. The van der Waals surface area contributed by atoms with Crippen LogP contribution in [0.4, 0.5) is 0 Å². The number of benzene rings is 1. The van der Waals surface area contributed by atoms with Crippen LogP contribution in [0.1, 0.15) is 30.6 Å². The number of nitrogens with zero attached hydrogens (tertiary/aromatic N) is 1. The van der Waals surface area contributed by atoms with Crippen molar-refractivity contribution in [3.8, 4) is 5.75 Å². The molecule has 1 aromatic rings. The number of carbonyl (C=O) groups excluding carboxylic acids is 1. The number of halogens is 1. The maximum Gasteiger partial charge on any atom is 0.167 e. The van der Waals surface area contributed by atoms with E-state index in [1.54, 1.807) is 25.3 Å². The number of methoxy groups -OCH3 is 1. The van der Waals surface area contributed by atoms with Crippen LogP contribution in [0.3, 0.4) is 0 Å². The molecule has 0 aliphatic rings. The Kier molecular flexibility index (Phi) is 6.16. The Balaban J connectivity index is 2.74. The van der Waals surface area contributed by atoms with Crippen LogP contribution in [-0.2, 0) is 0 Å². The van der Waals surface area contributed by atoms with Gasteiger partial charge in [0.25, 0.3) is 0 Å². The normalized spacial score (nSPS) is 10.7. The van der Waals surface area contributed by atoms with Crippen LogP contribution in [0.2, 0.25) is 5.02 Å². The molecule has 3 nitrogen and oxygen atoms in total. The molecule has 0 saturated carbocycles. The lowest BCUT2D eigenvalue weighted by Gasteiger charge is -2.17. The van der Waals surface area contributed by atoms with E-state index in [4.69, 9.17) is 16.3 Å². The summed E-state index contributed by atoms with van der Waals surface area (Å²) in [6.07, 6.45) is 0.485. The summed E-state index contributed by atoms with van der Waals surface area (Å²) in [7, 11) is 1.56. The van der Waals surface area contributed by atoms with Crippen molar-refractivity contribution in [1.82, 2.24) is 4.90 Å². The van der Waals surface area contributed by atoms with E-state index < -0.39 is 0 Å². The number of rotatable bonds is 7. The van der Waals surface area contributed by atoms with Crippen LogP contribution in [0.5, 0.6) is 5.75 Å². The minimum absolute atomic E-state index is 0.0706. The summed E-state index contributed by atoms with van der Waals surface area (Å²) in [5, 5.41) is 0.557. The minimum atomic E-state index is 0.0706. The van der Waals surface area contributed by atoms with Crippen LogP contribution in [0, 0.1) is 0 Å². The maximum atomic E-state index is 12.1. The number of ketones is 1. The van der Waals surface area contributed by atoms with Gasteiger partial charge in [-0.3, -0.25) is 4.79 Å². The first kappa shape index (κ1) is 15.0. The molecule has 0 saturated heterocycles. The Hall–Kier alpha value is -1.06. The smallest absolute Gasteiger partial charge is 0.167 e. The summed E-state index contributed by atoms with van der Waals surface area (Å²) in [6, 6.07) is 5.12. The second-order valence-corrected chi connectivity index (χ2v) is 4.48. The lowest BCUT2D eigenvalue weighted by Crippen LogP contribution is -2.25. The van der Waals surface area contributed by atoms with Crippen molar-refractivity contribution in [3.63, 3.8) is 0 Å². The van der Waals surface area contributed by atoms with Gasteiger partial charge in [-0.15, -0.1) is 0 Å². The van der Waals surface area contributed by atoms with Gasteiger partial charge in [0.05, 0.1) is 12.7 Å². The highest BCUT2D eigenvalue weighted by molar-refractivity contribution is 6.31. The average molecular weight is 270 g/mol. The molecule has 0 N–H and O–H groups in total. The fourth-order valence-electron chi connectivity index (χ4n) is 1.83. The molecule has 0 aliphatic heterocycles. The zero-order valence-electron chi connectivity index (χ0n) is 11.2. The van der Waals surface area contributed by atoms with Crippen molar-refractivity contribution in [2.45, 2.75) is 20.3 Å². The molecule has 0 fully saturated rings. The van der Waals surface area contributed by atoms with Gasteiger partial charge in [0, 0.05) is 18.0 Å². The molecule has 1 aromatic carbocycles. The molecule has 0 aromatic heterocycles. The lowest BCUT2D eigenvalue weighted by molar-refractivity contribution is 0.0963. The van der Waals surface area contributed by atoms with Crippen molar-refractivity contribution < 1.29 is 9.53 Å². The number of hydrogen-bond donors (Lipinski definition) is 0. The molecule has 18 heavy (non-hydrogen) atoms. The second kappa shape index (κ2) is 7.39. The average Bonchev–Trinajstić information content (AvgIpc) is 2.39. The Bertz CT molecular complexity index is 403. The standard InChI is InChI=1S/C14H20ClNO2/c1-4-16(5-2)9-8-13(17)12-10-11(15)6-7-14(12)18-3/h6-7,10H,4-5,8-9H2,1-3H3. The summed E-state index contributed by atoms with van der Waals surface area (Å²) < 4.78 is 5.19. The van der Waals surface area contributed by atoms with Crippen LogP contribution in [-0.4, -0.2) is 37.4 Å². The predicted octanol–water partition coefficient (Wildman–Crippen LogP) is 3.26. The van der Waals surface area contributed by atoms with Crippen LogP contribution >= 0.6 is 11.6 Å². The Morgan fingerprint density at radius 2 is 2.00 bits per heavy atom. The predicted molar refractivity (Wildman–Crippen MR) is 74.7 cm³/mol. The molecule has 0 amide bonds. The molecular weight excluding hydrogens is 250 g/mol. The van der Waals surface area contributed by atoms with Gasteiger partial charge >= 0.3 is 0 Å². The van der Waals surface area contributed by atoms with E-state index >= 15 is 0 Å². The van der Waals surface area contributed by atoms with Gasteiger partial charge in [0.15, 0.2) is 5.78 Å². The first-order valence-electron chi connectivity index (χ1n) is 6.21. The van der Waals surface area contributed by atoms with Gasteiger partial charge in [0.2, 0.25) is 0 Å². The fraction of sp³-hybridized carbons (Fsp3) is 0.500. The van der Waals surface area contributed by atoms with Gasteiger partial charge in [0.1, 0.15) is 5.75 Å². The molecule has 0 bridgehead atoms. The van der Waals surface area contributed by atoms with Crippen molar-refractivity contribution in [1.29, 1.82) is 0 Å². The summed E-state index contributed by atoms with van der Waals surface area (Å²) in [6.45, 7) is 6.86. The molecule has 0 spiro atoms. The van der Waals surface area contributed by atoms with Gasteiger partial charge in [-0.2, -0.15) is 0 Å². The zero-order chi connectivity index (χ0) is 13.5. The van der Waals surface area contributed by atoms with E-state index in [1.807, 2.05) is 0 Å². The third-order valence-electron chi connectivity index (χ3n) is 3.01. The number of hydrogen-bond acceptors (Lipinski definition) is 3. The van der Waals surface area contributed by atoms with E-state index in [-0.39, 0.29) is 5.78 Å². The molecule has 0 atom stereocenters. The zero-order valence-corrected chi connectivity index (χ0v) is 12.0. The summed E-state index contributed by atoms with van der Waals surface area (Å²) in [5.41, 5.74) is 0.567. The van der Waals surface area contributed by atoms with Gasteiger partial charge in [-0.1, -0.05) is 25.4 Å². The van der Waals surface area contributed by atoms with Crippen molar-refractivity contribution in [2.24, 2.45) is 0 Å². The molecule has 100 valence electrons. The van der Waals surface area contributed by atoms with E-state index in [2.05, 4.69) is 18.7 Å². The summed E-state index contributed by atoms with van der Waals surface area (Å²) >= 11 is 5.92. The van der Waals surface area contributed by atoms with E-state index in [1.165, 1.54) is 0 Å². The SMILES string of the molecule is CCN(CC)CCC(=O)c1cc(Cl)ccc1OC. The van der Waals surface area contributed by atoms with E-state index in [0.717, 1.165) is 19.6 Å². The Morgan fingerprint density at radius 3 is 2.56 bits per heavy atom. The first-order chi connectivity index (χ1) is 8.62. The first-order valence-corrected chi connectivity index (χ1v) is 6.59. The molecular formula is C14H20ClNO2. The lowest BCUT2D eigenvalue weighted by atomic mass is 10.1. The second-order valence-electron chi connectivity index (χ2n) is 4.04. The highest BCUT2D eigenvalue weighted by Gasteiger charge is 2.13. The molecule has 0 aliphatic carbocycles. The Morgan fingerprint density at radius 1 is 1.33 bits per heavy atom. The third kappa shape index (κ3) is 4.00. The van der Waals surface area contributed by atoms with Gasteiger partial charge < -0.3 is 9.64 Å². The summed E-state index contributed by atoms with van der Waals surface area (Å²) in [4.78, 5) is 14.4. The van der Waals surface area contributed by atoms with Crippen molar-refractivity contribution in [3.05, 3.63) is 28.8 Å². The monoisotopic (exact) mass is 269 g/mol. The summed E-state index contributed by atoms with van der Waals surface area (Å²) in [5.74, 6) is 0.658. The molecule has 4 heteroatoms. The number of ether oxygens (including phenoxy) is 1. The molecule has 0 unspecified atom stereocenters. The topological polar surface area (TPSA) is 29.5 Å². The number of Topliss-reactive ketones (excluding diaryl/α,β-unsaturated/α-hetero) is 1. The van der Waals surface area contributed by atoms with E-state index in [0.29, 0.717) is 22.8 Å². The van der Waals surface area contributed by atoms with Crippen molar-refractivity contribution >= 4 is 17.4 Å². The highest BCUT2D eigenvalue weighted by atomic mass is 35.5. The van der Waals surface area contributed by atoms with Gasteiger partial charge in [-0.05, 0) is 31.3 Å². The quantitative estimate of drug-likeness (QED) is 0.712. The molecule has 0 heterocycles. The largest absolute Gasteiger partial charge is 0.496 e. The van der Waals surface area contributed by atoms with E-state index in [9.17, 15) is 4.79 Å². The third-order valence-corrected chi connectivity index (χ3v) is 3.25. The molecule has 1 rings (SSSR count). The fourth-order valence-corrected chi connectivity index (χ4v) is 2.00. The van der Waals surface area contributed by atoms with Crippen LogP contribution in [0.15, 0.2) is 18.2 Å². The van der Waals surface area contributed by atoms with Crippen molar-refractivity contribution in [2.75, 3.05) is 26.7 Å². The van der Waals surface area contributed by atoms with Crippen LogP contribution < -0.4 is 4.74 Å². The minimum Gasteiger partial charge on any atom is -0.496 e. The Labute approximate surface area is 114 Å². The van der Waals surface area contributed by atoms with Gasteiger partial charge in [-0.25, -0.2) is 0 Å². The molecule has 0 radical (unpaired) electrons. The van der Waals surface area contributed by atoms with Crippen LogP contribution in [0.25, 0.3) is 0 Å². The number of carbonyl (C=O) groups is 1. The maximum absolute atomic E-state index is 12.1.